The molecule has 3 rings (SSSR count). The fraction of sp³-hybridized carbons (Fsp3) is 0.0588. The lowest BCUT2D eigenvalue weighted by Crippen LogP contribution is -2.17. The van der Waals surface area contributed by atoms with E-state index in [0.29, 0.717) is 5.75 Å². The van der Waals surface area contributed by atoms with Gasteiger partial charge < -0.3 is 14.3 Å². The van der Waals surface area contributed by atoms with Crippen molar-refractivity contribution in [2.24, 2.45) is 0 Å². The van der Waals surface area contributed by atoms with Crippen molar-refractivity contribution in [1.82, 2.24) is 4.98 Å². The molecule has 0 unspecified atom stereocenters. The highest BCUT2D eigenvalue weighted by molar-refractivity contribution is 6.37. The molecule has 1 aromatic heterocycles. The maximum Gasteiger partial charge on any atom is 0.417 e. The van der Waals surface area contributed by atoms with Gasteiger partial charge in [-0.2, -0.15) is 0 Å². The number of benzene rings is 2. The van der Waals surface area contributed by atoms with E-state index in [1.165, 1.54) is 12.1 Å². The number of ether oxygens (including phenoxy) is 1. The van der Waals surface area contributed by atoms with E-state index >= 15 is 0 Å². The van der Waals surface area contributed by atoms with Crippen LogP contribution in [0.5, 0.6) is 11.5 Å². The molecule has 0 bridgehead atoms. The van der Waals surface area contributed by atoms with Gasteiger partial charge in [0.25, 0.3) is 0 Å². The number of oxazole rings is 1. The van der Waals surface area contributed by atoms with E-state index in [9.17, 15) is 19.2 Å². The predicted molar refractivity (Wildman–Crippen MR) is 84.9 cm³/mol. The smallest absolute Gasteiger partial charge is 0.417 e. The summed E-state index contributed by atoms with van der Waals surface area (Å²) in [4.78, 5) is 48.0. The first-order valence-corrected chi connectivity index (χ1v) is 7.13. The van der Waals surface area contributed by atoms with Crippen LogP contribution in [0.3, 0.4) is 0 Å². The molecule has 2 N–H and O–H groups in total. The van der Waals surface area contributed by atoms with Crippen molar-refractivity contribution < 1.29 is 28.6 Å². The molecule has 0 amide bonds. The van der Waals surface area contributed by atoms with Crippen molar-refractivity contribution in [3.05, 3.63) is 58.6 Å². The second-order valence-electron chi connectivity index (χ2n) is 5.11. The Kier molecular flexibility index (Phi) is 4.17. The quantitative estimate of drug-likeness (QED) is 0.399. The molecule has 25 heavy (non-hydrogen) atoms. The van der Waals surface area contributed by atoms with Crippen LogP contribution in [0.1, 0.15) is 16.8 Å². The van der Waals surface area contributed by atoms with Crippen molar-refractivity contribution in [3.8, 4) is 11.5 Å². The fourth-order valence-electron chi connectivity index (χ4n) is 2.24. The van der Waals surface area contributed by atoms with E-state index in [4.69, 9.17) is 14.3 Å². The summed E-state index contributed by atoms with van der Waals surface area (Å²) in [5, 5.41) is 8.64. The van der Waals surface area contributed by atoms with E-state index in [2.05, 4.69) is 4.98 Å². The number of nitrogens with one attached hydrogen (secondary N) is 1. The zero-order chi connectivity index (χ0) is 18.0. The van der Waals surface area contributed by atoms with Crippen molar-refractivity contribution >= 4 is 28.6 Å². The van der Waals surface area contributed by atoms with Gasteiger partial charge in [0.15, 0.2) is 11.4 Å². The molecule has 0 aliphatic carbocycles. The third kappa shape index (κ3) is 3.47. The van der Waals surface area contributed by atoms with Crippen LogP contribution in [-0.2, 0) is 9.59 Å². The molecule has 0 atom stereocenters. The predicted octanol–water partition coefficient (Wildman–Crippen LogP) is 2.14. The first-order chi connectivity index (χ1) is 11.9. The Labute approximate surface area is 139 Å². The Hall–Kier alpha value is -3.68. The highest BCUT2D eigenvalue weighted by Crippen LogP contribution is 2.28. The average Bonchev–Trinajstić information content (AvgIpc) is 2.94. The van der Waals surface area contributed by atoms with Crippen molar-refractivity contribution in [3.63, 3.8) is 0 Å². The summed E-state index contributed by atoms with van der Waals surface area (Å²) in [5.74, 6) is -3.83. The normalized spacial score (nSPS) is 10.6. The molecular formula is C17H11NO7. The lowest BCUT2D eigenvalue weighted by molar-refractivity contribution is -0.148. The van der Waals surface area contributed by atoms with Crippen LogP contribution in [0.25, 0.3) is 11.1 Å². The van der Waals surface area contributed by atoms with Gasteiger partial charge in [0.2, 0.25) is 5.78 Å². The van der Waals surface area contributed by atoms with Gasteiger partial charge in [-0.3, -0.25) is 14.6 Å². The van der Waals surface area contributed by atoms with Crippen LogP contribution in [0, 0.1) is 0 Å². The average molecular weight is 341 g/mol. The Morgan fingerprint density at radius 2 is 1.80 bits per heavy atom. The number of hydrogen-bond acceptors (Lipinski definition) is 6. The molecule has 1 heterocycles. The molecular weight excluding hydrogens is 330 g/mol. The van der Waals surface area contributed by atoms with Gasteiger partial charge in [-0.25, -0.2) is 9.59 Å². The molecule has 8 heteroatoms. The van der Waals surface area contributed by atoms with Gasteiger partial charge in [0, 0.05) is 6.07 Å². The Bertz CT molecular complexity index is 1030. The number of Topliss-reactive ketones (excluding diaryl/α,β-unsaturated/α-hetero) is 2. The fourth-order valence-corrected chi connectivity index (χ4v) is 2.24. The number of aromatic amines is 1. The van der Waals surface area contributed by atoms with Crippen molar-refractivity contribution in [2.45, 2.75) is 6.42 Å². The molecule has 3 aromatic rings. The van der Waals surface area contributed by atoms with Crippen LogP contribution in [0.4, 0.5) is 0 Å². The van der Waals surface area contributed by atoms with Crippen molar-refractivity contribution in [2.75, 3.05) is 0 Å². The summed E-state index contributed by atoms with van der Waals surface area (Å²) in [6.45, 7) is 0. The molecule has 0 fully saturated rings. The maximum absolute atomic E-state index is 12.3. The number of hydrogen-bond donors (Lipinski definition) is 2. The largest absolute Gasteiger partial charge is 0.475 e. The van der Waals surface area contributed by atoms with E-state index in [1.807, 2.05) is 0 Å². The highest BCUT2D eigenvalue weighted by atomic mass is 16.5. The second-order valence-corrected chi connectivity index (χ2v) is 5.11. The van der Waals surface area contributed by atoms with Crippen LogP contribution in [0.15, 0.2) is 51.7 Å². The monoisotopic (exact) mass is 341 g/mol. The number of aliphatic carboxylic acids is 1. The van der Waals surface area contributed by atoms with Gasteiger partial charge in [-0.1, -0.05) is 18.2 Å². The number of rotatable bonds is 6. The second kappa shape index (κ2) is 6.44. The first kappa shape index (κ1) is 16.2. The zero-order valence-electron chi connectivity index (χ0n) is 12.6. The Morgan fingerprint density at radius 3 is 2.48 bits per heavy atom. The van der Waals surface area contributed by atoms with Crippen LogP contribution < -0.4 is 10.5 Å². The summed E-state index contributed by atoms with van der Waals surface area (Å²) in [6, 6.07) is 11.5. The number of ketones is 2. The molecule has 0 aliphatic rings. The number of H-pyrrole nitrogens is 1. The molecule has 2 aromatic carbocycles. The maximum atomic E-state index is 12.3. The minimum absolute atomic E-state index is 0.0615. The molecule has 0 aliphatic heterocycles. The van der Waals surface area contributed by atoms with Gasteiger partial charge in [-0.05, 0) is 18.2 Å². The lowest BCUT2D eigenvalue weighted by Gasteiger charge is -2.07. The van der Waals surface area contributed by atoms with Crippen molar-refractivity contribution in [1.29, 1.82) is 0 Å². The number of carbonyl (C=O) groups is 3. The number of carboxylic acid groups (broad SMARTS) is 1. The van der Waals surface area contributed by atoms with Crippen LogP contribution in [-0.4, -0.2) is 27.6 Å². The molecule has 126 valence electrons. The van der Waals surface area contributed by atoms with E-state index in [-0.39, 0.29) is 22.4 Å². The van der Waals surface area contributed by atoms with Gasteiger partial charge >= 0.3 is 11.7 Å². The third-order valence-corrected chi connectivity index (χ3v) is 3.33. The van der Waals surface area contributed by atoms with Gasteiger partial charge in [-0.15, -0.1) is 0 Å². The first-order valence-electron chi connectivity index (χ1n) is 7.13. The van der Waals surface area contributed by atoms with E-state index in [0.717, 1.165) is 0 Å². The number of para-hydroxylation sites is 1. The molecule has 0 saturated carbocycles. The van der Waals surface area contributed by atoms with Gasteiger partial charge in [0.1, 0.15) is 11.5 Å². The lowest BCUT2D eigenvalue weighted by atomic mass is 10.0. The van der Waals surface area contributed by atoms with Gasteiger partial charge in [0.05, 0.1) is 17.5 Å². The number of carbonyl (C=O) groups excluding carboxylic acids is 2. The zero-order valence-corrected chi connectivity index (χ0v) is 12.6. The highest BCUT2D eigenvalue weighted by Gasteiger charge is 2.22. The van der Waals surface area contributed by atoms with Crippen LogP contribution in [0.2, 0.25) is 0 Å². The van der Waals surface area contributed by atoms with E-state index in [1.54, 1.807) is 30.3 Å². The van der Waals surface area contributed by atoms with E-state index < -0.39 is 29.7 Å². The summed E-state index contributed by atoms with van der Waals surface area (Å²) in [6.07, 6.45) is -0.853. The summed E-state index contributed by atoms with van der Waals surface area (Å²) in [7, 11) is 0. The minimum Gasteiger partial charge on any atom is -0.475 e. The topological polar surface area (TPSA) is 127 Å². The molecule has 0 radical (unpaired) electrons. The molecule has 8 nitrogen and oxygen atoms in total. The summed E-state index contributed by atoms with van der Waals surface area (Å²) >= 11 is 0. The Morgan fingerprint density at radius 1 is 1.08 bits per heavy atom. The third-order valence-electron chi connectivity index (χ3n) is 3.33. The summed E-state index contributed by atoms with van der Waals surface area (Å²) in [5.41, 5.74) is 0.0227. The standard InChI is InChI=1S/C17H11NO7/c19-13(8-14(20)16(21)22)11-6-10(24-9-4-2-1-3-5-9)7-12-15(11)25-17(23)18-12/h1-7H,8H2,(H,18,23)(H,21,22). The Balaban J connectivity index is 2.03. The summed E-state index contributed by atoms with van der Waals surface area (Å²) < 4.78 is 10.5. The van der Waals surface area contributed by atoms with Crippen LogP contribution >= 0.6 is 0 Å². The number of carboxylic acids is 1. The molecule has 0 spiro atoms. The minimum atomic E-state index is -1.71. The number of aromatic nitrogens is 1. The number of fused-ring (bicyclic) bond motifs is 1. The SMILES string of the molecule is O=C(O)C(=O)CC(=O)c1cc(Oc2ccccc2)cc2[nH]c(=O)oc12. The molecule has 0 saturated heterocycles.